The van der Waals surface area contributed by atoms with Gasteiger partial charge in [0.1, 0.15) is 6.54 Å². The maximum atomic E-state index is 12.4. The summed E-state index contributed by atoms with van der Waals surface area (Å²) in [5, 5.41) is 9.51. The molecule has 0 atom stereocenters. The highest BCUT2D eigenvalue weighted by Crippen LogP contribution is 2.21. The van der Waals surface area contributed by atoms with Gasteiger partial charge < -0.3 is 0 Å². The molecule has 1 aromatic carbocycles. The first-order valence-electron chi connectivity index (χ1n) is 6.06. The highest BCUT2D eigenvalue weighted by molar-refractivity contribution is 8.00. The van der Waals surface area contributed by atoms with E-state index in [0.29, 0.717) is 15.8 Å². The van der Waals surface area contributed by atoms with Crippen LogP contribution >= 0.6 is 23.4 Å². The molecule has 7 heteroatoms. The Kier molecular flexibility index (Phi) is 6.83. The lowest BCUT2D eigenvalue weighted by Gasteiger charge is -2.20. The predicted octanol–water partition coefficient (Wildman–Crippen LogP) is 3.09. The van der Waals surface area contributed by atoms with Crippen LogP contribution in [-0.4, -0.2) is 30.4 Å². The summed E-state index contributed by atoms with van der Waals surface area (Å²) in [6, 6.07) is 8.73. The van der Waals surface area contributed by atoms with E-state index in [0.717, 1.165) is 0 Å². The smallest absolute Gasteiger partial charge is 0.212 e. The van der Waals surface area contributed by atoms with Gasteiger partial charge in [-0.25, -0.2) is 8.42 Å². The third-order valence-electron chi connectivity index (χ3n) is 2.49. The van der Waals surface area contributed by atoms with Crippen LogP contribution in [0.5, 0.6) is 0 Å². The Morgan fingerprint density at radius 1 is 1.40 bits per heavy atom. The lowest BCUT2D eigenvalue weighted by atomic mass is 10.2. The van der Waals surface area contributed by atoms with Gasteiger partial charge in [-0.1, -0.05) is 43.6 Å². The topological polar surface area (TPSA) is 61.2 Å². The molecule has 0 unspecified atom stereocenters. The normalized spacial score (nSPS) is 11.8. The number of benzene rings is 1. The standard InChI is InChI=1S/C13H17ClN2O2S2/c1-11(2)19-10-16(8-7-15)20(17,18)9-12-5-3-4-6-13(12)14/h3-6,11H,8-10H2,1-2H3. The maximum absolute atomic E-state index is 12.4. The van der Waals surface area contributed by atoms with Gasteiger partial charge in [-0.3, -0.25) is 0 Å². The van der Waals surface area contributed by atoms with E-state index >= 15 is 0 Å². The van der Waals surface area contributed by atoms with Gasteiger partial charge in [0.25, 0.3) is 0 Å². The molecule has 1 rings (SSSR count). The van der Waals surface area contributed by atoms with E-state index in [1.807, 2.05) is 19.9 Å². The molecule has 110 valence electrons. The van der Waals surface area contributed by atoms with Crippen molar-refractivity contribution in [1.82, 2.24) is 4.31 Å². The van der Waals surface area contributed by atoms with Crippen LogP contribution < -0.4 is 0 Å². The number of hydrogen-bond acceptors (Lipinski definition) is 4. The fourth-order valence-electron chi connectivity index (χ4n) is 1.44. The first kappa shape index (κ1) is 17.3. The van der Waals surface area contributed by atoms with Crippen molar-refractivity contribution in [3.63, 3.8) is 0 Å². The molecular weight excluding hydrogens is 316 g/mol. The van der Waals surface area contributed by atoms with E-state index < -0.39 is 10.0 Å². The third kappa shape index (κ3) is 5.33. The van der Waals surface area contributed by atoms with Crippen molar-refractivity contribution < 1.29 is 8.42 Å². The van der Waals surface area contributed by atoms with Gasteiger partial charge in [0.05, 0.1) is 17.7 Å². The molecule has 0 radical (unpaired) electrons. The van der Waals surface area contributed by atoms with Gasteiger partial charge in [0.15, 0.2) is 0 Å². The van der Waals surface area contributed by atoms with Crippen LogP contribution in [0, 0.1) is 11.3 Å². The van der Waals surface area contributed by atoms with Gasteiger partial charge in [0, 0.05) is 10.3 Å². The monoisotopic (exact) mass is 332 g/mol. The van der Waals surface area contributed by atoms with E-state index in [2.05, 4.69) is 0 Å². The number of sulfonamides is 1. The molecule has 0 spiro atoms. The molecule has 0 aliphatic heterocycles. The summed E-state index contributed by atoms with van der Waals surface area (Å²) in [5.41, 5.74) is 0.548. The molecule has 0 saturated carbocycles. The van der Waals surface area contributed by atoms with Gasteiger partial charge in [-0.05, 0) is 11.6 Å². The first-order chi connectivity index (χ1) is 9.36. The summed E-state index contributed by atoms with van der Waals surface area (Å²) >= 11 is 7.47. The van der Waals surface area contributed by atoms with Crippen LogP contribution in [0.1, 0.15) is 19.4 Å². The number of hydrogen-bond donors (Lipinski definition) is 0. The Balaban J connectivity index is 2.88. The summed E-state index contributed by atoms with van der Waals surface area (Å²) < 4.78 is 25.9. The molecule has 20 heavy (non-hydrogen) atoms. The van der Waals surface area contributed by atoms with Crippen LogP contribution in [0.25, 0.3) is 0 Å². The Bertz CT molecular complexity index is 582. The largest absolute Gasteiger partial charge is 0.220 e. The number of halogens is 1. The molecule has 0 heterocycles. The maximum Gasteiger partial charge on any atom is 0.220 e. The molecule has 1 aromatic rings. The van der Waals surface area contributed by atoms with Crippen molar-refractivity contribution in [2.75, 3.05) is 12.4 Å². The zero-order chi connectivity index (χ0) is 15.2. The average Bonchev–Trinajstić information content (AvgIpc) is 2.36. The Hall–Kier alpha value is -0.740. The lowest BCUT2D eigenvalue weighted by Crippen LogP contribution is -2.32. The van der Waals surface area contributed by atoms with Crippen LogP contribution in [0.2, 0.25) is 5.02 Å². The first-order valence-corrected chi connectivity index (χ1v) is 9.10. The number of rotatable bonds is 7. The molecule has 0 N–H and O–H groups in total. The predicted molar refractivity (Wildman–Crippen MR) is 84.0 cm³/mol. The molecule has 0 bridgehead atoms. The summed E-state index contributed by atoms with van der Waals surface area (Å²) in [6.45, 7) is 3.82. The van der Waals surface area contributed by atoms with E-state index in [4.69, 9.17) is 16.9 Å². The minimum Gasteiger partial charge on any atom is -0.212 e. The molecule has 0 amide bonds. The SMILES string of the molecule is CC(C)SCN(CC#N)S(=O)(=O)Cc1ccccc1Cl. The zero-order valence-electron chi connectivity index (χ0n) is 11.4. The molecule has 0 aromatic heterocycles. The molecular formula is C13H17ClN2O2S2. The molecule has 0 saturated heterocycles. The third-order valence-corrected chi connectivity index (χ3v) is 5.87. The number of nitriles is 1. The quantitative estimate of drug-likeness (QED) is 0.568. The van der Waals surface area contributed by atoms with Crippen LogP contribution in [0.3, 0.4) is 0 Å². The van der Waals surface area contributed by atoms with E-state index in [1.54, 1.807) is 24.3 Å². The van der Waals surface area contributed by atoms with Crippen molar-refractivity contribution in [1.29, 1.82) is 5.26 Å². The van der Waals surface area contributed by atoms with Crippen molar-refractivity contribution in [2.45, 2.75) is 24.9 Å². The van der Waals surface area contributed by atoms with Gasteiger partial charge in [0.2, 0.25) is 10.0 Å². The van der Waals surface area contributed by atoms with Gasteiger partial charge >= 0.3 is 0 Å². The van der Waals surface area contributed by atoms with E-state index in [9.17, 15) is 8.42 Å². The minimum absolute atomic E-state index is 0.146. The van der Waals surface area contributed by atoms with E-state index in [1.165, 1.54) is 16.1 Å². The van der Waals surface area contributed by atoms with E-state index in [-0.39, 0.29) is 18.2 Å². The van der Waals surface area contributed by atoms with Crippen molar-refractivity contribution >= 4 is 33.4 Å². The highest BCUT2D eigenvalue weighted by atomic mass is 35.5. The fourth-order valence-corrected chi connectivity index (χ4v) is 4.18. The Morgan fingerprint density at radius 2 is 2.05 bits per heavy atom. The number of thioether (sulfide) groups is 1. The highest BCUT2D eigenvalue weighted by Gasteiger charge is 2.23. The second-order valence-corrected chi connectivity index (χ2v) is 8.37. The molecule has 4 nitrogen and oxygen atoms in total. The second kappa shape index (κ2) is 7.89. The van der Waals surface area contributed by atoms with Crippen molar-refractivity contribution in [2.24, 2.45) is 0 Å². The molecule has 0 fully saturated rings. The zero-order valence-corrected chi connectivity index (χ0v) is 13.8. The van der Waals surface area contributed by atoms with Gasteiger partial charge in [-0.2, -0.15) is 9.57 Å². The summed E-state index contributed by atoms with van der Waals surface area (Å²) in [5.74, 6) is 0.0883. The molecule has 0 aliphatic rings. The fraction of sp³-hybridized carbons (Fsp3) is 0.462. The number of nitrogens with zero attached hydrogens (tertiary/aromatic N) is 2. The summed E-state index contributed by atoms with van der Waals surface area (Å²) in [7, 11) is -3.55. The lowest BCUT2D eigenvalue weighted by molar-refractivity contribution is 0.491. The minimum atomic E-state index is -3.55. The van der Waals surface area contributed by atoms with Crippen molar-refractivity contribution in [3.8, 4) is 6.07 Å². The second-order valence-electron chi connectivity index (χ2n) is 4.46. The van der Waals surface area contributed by atoms with Gasteiger partial charge in [-0.15, -0.1) is 11.8 Å². The average molecular weight is 333 g/mol. The summed E-state index contributed by atoms with van der Waals surface area (Å²) in [6.07, 6.45) is 0. The summed E-state index contributed by atoms with van der Waals surface area (Å²) in [4.78, 5) is 0. The Morgan fingerprint density at radius 3 is 2.60 bits per heavy atom. The molecule has 0 aliphatic carbocycles. The van der Waals surface area contributed by atoms with Crippen LogP contribution in [-0.2, 0) is 15.8 Å². The van der Waals surface area contributed by atoms with Crippen LogP contribution in [0.15, 0.2) is 24.3 Å². The Labute approximate surface area is 129 Å². The van der Waals surface area contributed by atoms with Crippen molar-refractivity contribution in [3.05, 3.63) is 34.9 Å². The van der Waals surface area contributed by atoms with Crippen LogP contribution in [0.4, 0.5) is 0 Å².